The van der Waals surface area contributed by atoms with Gasteiger partial charge in [-0.2, -0.15) is 0 Å². The highest BCUT2D eigenvalue weighted by atomic mass is 79.9. The van der Waals surface area contributed by atoms with Gasteiger partial charge in [0.25, 0.3) is 0 Å². The van der Waals surface area contributed by atoms with E-state index in [1.165, 1.54) is 28.4 Å². The topological polar surface area (TPSA) is 25.2 Å². The van der Waals surface area contributed by atoms with Crippen LogP contribution in [0.4, 0.5) is 0 Å². The van der Waals surface area contributed by atoms with Gasteiger partial charge in [-0.05, 0) is 30.5 Å². The van der Waals surface area contributed by atoms with Crippen molar-refractivity contribution in [1.82, 2.24) is 5.32 Å². The zero-order valence-electron chi connectivity index (χ0n) is 10.2. The van der Waals surface area contributed by atoms with E-state index < -0.39 is 0 Å². The summed E-state index contributed by atoms with van der Waals surface area (Å²) in [5.41, 5.74) is 2.64. The molecule has 3 rings (SSSR count). The molecule has 0 radical (unpaired) electrons. The summed E-state index contributed by atoms with van der Waals surface area (Å²) in [7, 11) is 0. The van der Waals surface area contributed by atoms with Crippen molar-refractivity contribution in [1.29, 1.82) is 0 Å². The van der Waals surface area contributed by atoms with Gasteiger partial charge in [0.2, 0.25) is 0 Å². The maximum Gasteiger partial charge on any atom is 0.108 e. The summed E-state index contributed by atoms with van der Waals surface area (Å²) in [6, 6.07) is 10.9. The molecule has 0 aliphatic heterocycles. The molecular formula is C15H16BrNO. The Morgan fingerprint density at radius 3 is 3.06 bits per heavy atom. The lowest BCUT2D eigenvalue weighted by Crippen LogP contribution is -2.24. The quantitative estimate of drug-likeness (QED) is 0.919. The van der Waals surface area contributed by atoms with Crippen LogP contribution in [0.25, 0.3) is 0 Å². The lowest BCUT2D eigenvalue weighted by Gasteiger charge is -2.23. The Hall–Kier alpha value is -1.06. The van der Waals surface area contributed by atoms with Crippen molar-refractivity contribution in [2.75, 3.05) is 0 Å². The fraction of sp³-hybridized carbons (Fsp3) is 0.333. The second kappa shape index (κ2) is 5.29. The van der Waals surface area contributed by atoms with Crippen molar-refractivity contribution in [3.63, 3.8) is 0 Å². The first-order valence-corrected chi connectivity index (χ1v) is 7.17. The number of rotatable bonds is 3. The number of nitrogens with one attached hydrogen (secondary N) is 1. The summed E-state index contributed by atoms with van der Waals surface area (Å²) >= 11 is 3.59. The number of fused-ring (bicyclic) bond motifs is 1. The highest BCUT2D eigenvalue weighted by Gasteiger charge is 2.21. The standard InChI is InChI=1S/C15H16BrNO/c16-13-5-2-1-4-11(13)10-17-14-6-3-7-15-12(14)8-9-18-15/h1-2,4-5,8-9,14,17H,3,6-7,10H2. The molecule has 0 saturated carbocycles. The van der Waals surface area contributed by atoms with E-state index in [4.69, 9.17) is 4.42 Å². The van der Waals surface area contributed by atoms with E-state index in [9.17, 15) is 0 Å². The summed E-state index contributed by atoms with van der Waals surface area (Å²) in [6.45, 7) is 0.886. The van der Waals surface area contributed by atoms with E-state index in [0.717, 1.165) is 18.7 Å². The number of halogens is 1. The largest absolute Gasteiger partial charge is 0.469 e. The lowest BCUT2D eigenvalue weighted by atomic mass is 9.93. The van der Waals surface area contributed by atoms with Crippen LogP contribution in [0.5, 0.6) is 0 Å². The van der Waals surface area contributed by atoms with Crippen LogP contribution in [0.3, 0.4) is 0 Å². The summed E-state index contributed by atoms with van der Waals surface area (Å²) in [6.07, 6.45) is 5.28. The second-order valence-corrected chi connectivity index (χ2v) is 5.57. The van der Waals surface area contributed by atoms with Crippen LogP contribution in [-0.2, 0) is 13.0 Å². The fourth-order valence-corrected chi connectivity index (χ4v) is 3.00. The third kappa shape index (κ3) is 2.38. The molecule has 0 fully saturated rings. The van der Waals surface area contributed by atoms with Gasteiger partial charge >= 0.3 is 0 Å². The van der Waals surface area contributed by atoms with Gasteiger partial charge < -0.3 is 9.73 Å². The van der Waals surface area contributed by atoms with Gasteiger partial charge in [0, 0.05) is 29.0 Å². The first-order chi connectivity index (χ1) is 8.84. The molecule has 18 heavy (non-hydrogen) atoms. The minimum absolute atomic E-state index is 0.430. The molecule has 0 amide bonds. The van der Waals surface area contributed by atoms with E-state index in [2.05, 4.69) is 45.5 Å². The zero-order chi connectivity index (χ0) is 12.4. The second-order valence-electron chi connectivity index (χ2n) is 4.72. The predicted molar refractivity (Wildman–Crippen MR) is 75.4 cm³/mol. The van der Waals surface area contributed by atoms with Gasteiger partial charge in [0.05, 0.1) is 6.26 Å². The highest BCUT2D eigenvalue weighted by molar-refractivity contribution is 9.10. The van der Waals surface area contributed by atoms with Crippen LogP contribution in [0.15, 0.2) is 45.5 Å². The average molecular weight is 306 g/mol. The summed E-state index contributed by atoms with van der Waals surface area (Å²) in [5, 5.41) is 3.63. The Labute approximate surface area is 116 Å². The fourth-order valence-electron chi connectivity index (χ4n) is 2.57. The van der Waals surface area contributed by atoms with Gasteiger partial charge in [0.1, 0.15) is 5.76 Å². The number of aryl methyl sites for hydroxylation is 1. The van der Waals surface area contributed by atoms with Gasteiger partial charge in [-0.1, -0.05) is 34.1 Å². The zero-order valence-corrected chi connectivity index (χ0v) is 11.7. The van der Waals surface area contributed by atoms with Crippen molar-refractivity contribution >= 4 is 15.9 Å². The van der Waals surface area contributed by atoms with Crippen LogP contribution in [0.1, 0.15) is 35.8 Å². The first-order valence-electron chi connectivity index (χ1n) is 6.37. The maximum atomic E-state index is 5.51. The normalized spacial score (nSPS) is 18.6. The van der Waals surface area contributed by atoms with Crippen molar-refractivity contribution in [3.05, 3.63) is 58.0 Å². The minimum Gasteiger partial charge on any atom is -0.469 e. The van der Waals surface area contributed by atoms with E-state index in [0.29, 0.717) is 6.04 Å². The van der Waals surface area contributed by atoms with Gasteiger partial charge in [-0.25, -0.2) is 0 Å². The van der Waals surface area contributed by atoms with Gasteiger partial charge in [-0.15, -0.1) is 0 Å². The average Bonchev–Trinajstić information content (AvgIpc) is 2.86. The van der Waals surface area contributed by atoms with Crippen molar-refractivity contribution in [2.24, 2.45) is 0 Å². The molecule has 1 aliphatic rings. The first kappa shape index (κ1) is 12.0. The molecule has 2 nitrogen and oxygen atoms in total. The van der Waals surface area contributed by atoms with E-state index >= 15 is 0 Å². The Balaban J connectivity index is 1.71. The maximum absolute atomic E-state index is 5.51. The molecule has 1 aromatic heterocycles. The van der Waals surface area contributed by atoms with E-state index in [1.54, 1.807) is 0 Å². The Kier molecular flexibility index (Phi) is 3.52. The molecule has 1 aliphatic carbocycles. The molecule has 1 aromatic carbocycles. The van der Waals surface area contributed by atoms with E-state index in [-0.39, 0.29) is 0 Å². The third-order valence-electron chi connectivity index (χ3n) is 3.55. The van der Waals surface area contributed by atoms with Crippen molar-refractivity contribution in [2.45, 2.75) is 31.8 Å². The monoisotopic (exact) mass is 305 g/mol. The molecular weight excluding hydrogens is 290 g/mol. The summed E-state index contributed by atoms with van der Waals surface area (Å²) in [4.78, 5) is 0. The van der Waals surface area contributed by atoms with Crippen LogP contribution in [0, 0.1) is 0 Å². The lowest BCUT2D eigenvalue weighted by molar-refractivity contribution is 0.410. The summed E-state index contributed by atoms with van der Waals surface area (Å²) < 4.78 is 6.68. The van der Waals surface area contributed by atoms with Gasteiger partial charge in [-0.3, -0.25) is 0 Å². The Morgan fingerprint density at radius 2 is 2.17 bits per heavy atom. The smallest absolute Gasteiger partial charge is 0.108 e. The highest BCUT2D eigenvalue weighted by Crippen LogP contribution is 2.30. The minimum atomic E-state index is 0.430. The predicted octanol–water partition coefficient (Wildman–Crippen LogP) is 4.21. The molecule has 94 valence electrons. The van der Waals surface area contributed by atoms with Crippen LogP contribution in [0.2, 0.25) is 0 Å². The van der Waals surface area contributed by atoms with Crippen LogP contribution in [-0.4, -0.2) is 0 Å². The van der Waals surface area contributed by atoms with Crippen molar-refractivity contribution < 1.29 is 4.42 Å². The third-order valence-corrected chi connectivity index (χ3v) is 4.32. The van der Waals surface area contributed by atoms with E-state index in [1.807, 2.05) is 12.3 Å². The van der Waals surface area contributed by atoms with Gasteiger partial charge in [0.15, 0.2) is 0 Å². The molecule has 0 spiro atoms. The molecule has 1 heterocycles. The molecule has 0 saturated heterocycles. The number of hydrogen-bond donors (Lipinski definition) is 1. The molecule has 0 bridgehead atoms. The Bertz CT molecular complexity index is 535. The summed E-state index contributed by atoms with van der Waals surface area (Å²) in [5.74, 6) is 1.16. The molecule has 3 heteroatoms. The molecule has 1 atom stereocenters. The number of furan rings is 1. The van der Waals surface area contributed by atoms with Crippen LogP contribution >= 0.6 is 15.9 Å². The Morgan fingerprint density at radius 1 is 1.28 bits per heavy atom. The number of benzene rings is 1. The SMILES string of the molecule is Brc1ccccc1CNC1CCCc2occc21. The molecule has 2 aromatic rings. The van der Waals surface area contributed by atoms with Crippen molar-refractivity contribution in [3.8, 4) is 0 Å². The molecule has 1 N–H and O–H groups in total. The molecule has 1 unspecified atom stereocenters. The number of hydrogen-bond acceptors (Lipinski definition) is 2. The van der Waals surface area contributed by atoms with Crippen LogP contribution < -0.4 is 5.32 Å².